The van der Waals surface area contributed by atoms with Crippen molar-refractivity contribution in [2.75, 3.05) is 7.11 Å². The highest BCUT2D eigenvalue weighted by Gasteiger charge is 2.37. The normalized spacial score (nSPS) is 16.3. The van der Waals surface area contributed by atoms with Crippen LogP contribution in [0.5, 0.6) is 0 Å². The summed E-state index contributed by atoms with van der Waals surface area (Å²) in [5.74, 6) is -0.832. The summed E-state index contributed by atoms with van der Waals surface area (Å²) in [7, 11) is 1.52. The van der Waals surface area contributed by atoms with Gasteiger partial charge in [-0.3, -0.25) is 4.79 Å². The number of ether oxygens (including phenoxy) is 1. The van der Waals surface area contributed by atoms with Crippen LogP contribution in [-0.2, 0) is 16.1 Å². The number of furan rings is 1. The van der Waals surface area contributed by atoms with Crippen molar-refractivity contribution in [2.24, 2.45) is 5.92 Å². The summed E-state index contributed by atoms with van der Waals surface area (Å²) in [6.07, 6.45) is 1.68. The molecule has 1 fully saturated rings. The van der Waals surface area contributed by atoms with Gasteiger partial charge in [-0.1, -0.05) is 0 Å². The van der Waals surface area contributed by atoms with Gasteiger partial charge in [0.2, 0.25) is 0 Å². The Morgan fingerprint density at radius 3 is 2.83 bits per heavy atom. The number of methoxy groups -OCH3 is 1. The Kier molecular flexibility index (Phi) is 3.66. The Morgan fingerprint density at radius 2 is 2.28 bits per heavy atom. The smallest absolute Gasteiger partial charge is 0.326 e. The SMILES string of the molecule is COCc1ccc(C(=O)NC(C(=O)O)C2CC2)o1. The second-order valence-corrected chi connectivity index (χ2v) is 4.33. The van der Waals surface area contributed by atoms with Crippen molar-refractivity contribution in [3.63, 3.8) is 0 Å². The molecule has 2 N–H and O–H groups in total. The van der Waals surface area contributed by atoms with Crippen LogP contribution in [0, 0.1) is 5.92 Å². The molecular formula is C12H15NO5. The van der Waals surface area contributed by atoms with Gasteiger partial charge in [0.1, 0.15) is 18.4 Å². The highest BCUT2D eigenvalue weighted by Crippen LogP contribution is 2.32. The fourth-order valence-corrected chi connectivity index (χ4v) is 1.74. The lowest BCUT2D eigenvalue weighted by atomic mass is 10.2. The van der Waals surface area contributed by atoms with E-state index in [2.05, 4.69) is 5.32 Å². The summed E-state index contributed by atoms with van der Waals surface area (Å²) in [5.41, 5.74) is 0. The summed E-state index contributed by atoms with van der Waals surface area (Å²) in [6.45, 7) is 0.276. The van der Waals surface area contributed by atoms with Crippen LogP contribution in [-0.4, -0.2) is 30.1 Å². The number of carboxylic acid groups (broad SMARTS) is 1. The number of carboxylic acids is 1. The van der Waals surface area contributed by atoms with Crippen LogP contribution in [0.4, 0.5) is 0 Å². The number of hydrogen-bond acceptors (Lipinski definition) is 4. The third-order valence-electron chi connectivity index (χ3n) is 2.82. The van der Waals surface area contributed by atoms with Crippen LogP contribution in [0.15, 0.2) is 16.5 Å². The Hall–Kier alpha value is -1.82. The van der Waals surface area contributed by atoms with E-state index in [1.807, 2.05) is 0 Å². The predicted molar refractivity (Wildman–Crippen MR) is 61.0 cm³/mol. The van der Waals surface area contributed by atoms with E-state index in [0.29, 0.717) is 5.76 Å². The first kappa shape index (κ1) is 12.6. The van der Waals surface area contributed by atoms with Crippen LogP contribution in [0.1, 0.15) is 29.2 Å². The van der Waals surface area contributed by atoms with E-state index in [4.69, 9.17) is 14.3 Å². The third-order valence-corrected chi connectivity index (χ3v) is 2.82. The van der Waals surface area contributed by atoms with Crippen molar-refractivity contribution in [3.8, 4) is 0 Å². The average Bonchev–Trinajstić information content (AvgIpc) is 3.05. The van der Waals surface area contributed by atoms with Gasteiger partial charge in [0, 0.05) is 7.11 Å². The van der Waals surface area contributed by atoms with Crippen LogP contribution >= 0.6 is 0 Å². The molecule has 18 heavy (non-hydrogen) atoms. The first-order chi connectivity index (χ1) is 8.61. The van der Waals surface area contributed by atoms with E-state index < -0.39 is 17.9 Å². The molecule has 0 spiro atoms. The molecule has 0 aromatic carbocycles. The van der Waals surface area contributed by atoms with Gasteiger partial charge in [-0.2, -0.15) is 0 Å². The molecule has 0 aliphatic heterocycles. The monoisotopic (exact) mass is 253 g/mol. The molecule has 1 saturated carbocycles. The molecule has 1 unspecified atom stereocenters. The molecule has 6 nitrogen and oxygen atoms in total. The van der Waals surface area contributed by atoms with Crippen molar-refractivity contribution < 1.29 is 23.8 Å². The lowest BCUT2D eigenvalue weighted by molar-refractivity contribution is -0.139. The fourth-order valence-electron chi connectivity index (χ4n) is 1.74. The van der Waals surface area contributed by atoms with Gasteiger partial charge in [-0.25, -0.2) is 4.79 Å². The summed E-state index contributed by atoms with van der Waals surface area (Å²) in [4.78, 5) is 22.8. The Bertz CT molecular complexity index is 449. The first-order valence-electron chi connectivity index (χ1n) is 5.73. The van der Waals surface area contributed by atoms with Crippen LogP contribution in [0.3, 0.4) is 0 Å². The summed E-state index contributed by atoms with van der Waals surface area (Å²) < 4.78 is 10.1. The molecule has 0 radical (unpaired) electrons. The topological polar surface area (TPSA) is 88.8 Å². The molecule has 6 heteroatoms. The van der Waals surface area contributed by atoms with Crippen molar-refractivity contribution in [3.05, 3.63) is 23.7 Å². The van der Waals surface area contributed by atoms with E-state index in [0.717, 1.165) is 12.8 Å². The van der Waals surface area contributed by atoms with Gasteiger partial charge >= 0.3 is 5.97 Å². The van der Waals surface area contributed by atoms with Gasteiger partial charge in [-0.15, -0.1) is 0 Å². The number of carbonyl (C=O) groups is 2. The van der Waals surface area contributed by atoms with Gasteiger partial charge in [0.15, 0.2) is 5.76 Å². The highest BCUT2D eigenvalue weighted by atomic mass is 16.5. The number of rotatable bonds is 6. The standard InChI is InChI=1S/C12H15NO5/c1-17-6-8-4-5-9(18-8)11(14)13-10(12(15)16)7-2-3-7/h4-5,7,10H,2-3,6H2,1H3,(H,13,14)(H,15,16). The number of nitrogens with one attached hydrogen (secondary N) is 1. The highest BCUT2D eigenvalue weighted by molar-refractivity contribution is 5.94. The number of hydrogen-bond donors (Lipinski definition) is 2. The lowest BCUT2D eigenvalue weighted by Crippen LogP contribution is -2.42. The zero-order chi connectivity index (χ0) is 13.1. The third kappa shape index (κ3) is 2.89. The van der Waals surface area contributed by atoms with E-state index in [9.17, 15) is 9.59 Å². The quantitative estimate of drug-likeness (QED) is 0.790. The number of aliphatic carboxylic acids is 1. The van der Waals surface area contributed by atoms with Crippen molar-refractivity contribution in [1.82, 2.24) is 5.32 Å². The van der Waals surface area contributed by atoms with Crippen LogP contribution in [0.2, 0.25) is 0 Å². The van der Waals surface area contributed by atoms with Crippen molar-refractivity contribution >= 4 is 11.9 Å². The molecule has 1 aliphatic carbocycles. The minimum absolute atomic E-state index is 0.0415. The Balaban J connectivity index is 1.99. The largest absolute Gasteiger partial charge is 0.480 e. The molecule has 1 aliphatic rings. The maximum atomic E-state index is 11.8. The van der Waals surface area contributed by atoms with E-state index in [1.165, 1.54) is 13.2 Å². The van der Waals surface area contributed by atoms with Gasteiger partial charge < -0.3 is 19.6 Å². The second-order valence-electron chi connectivity index (χ2n) is 4.33. The average molecular weight is 253 g/mol. The molecular weight excluding hydrogens is 238 g/mol. The van der Waals surface area contributed by atoms with E-state index in [-0.39, 0.29) is 18.3 Å². The molecule has 0 bridgehead atoms. The van der Waals surface area contributed by atoms with Gasteiger partial charge in [0.25, 0.3) is 5.91 Å². The maximum Gasteiger partial charge on any atom is 0.326 e. The summed E-state index contributed by atoms with van der Waals surface area (Å²) in [6, 6.07) is 2.31. The van der Waals surface area contributed by atoms with E-state index in [1.54, 1.807) is 6.07 Å². The summed E-state index contributed by atoms with van der Waals surface area (Å²) in [5, 5.41) is 11.5. The minimum Gasteiger partial charge on any atom is -0.480 e. The van der Waals surface area contributed by atoms with Crippen LogP contribution < -0.4 is 5.32 Å². The van der Waals surface area contributed by atoms with Gasteiger partial charge in [0.05, 0.1) is 0 Å². The number of carbonyl (C=O) groups excluding carboxylic acids is 1. The second kappa shape index (κ2) is 5.22. The lowest BCUT2D eigenvalue weighted by Gasteiger charge is -2.12. The predicted octanol–water partition coefficient (Wildman–Crippen LogP) is 1.02. The molecule has 98 valence electrons. The molecule has 1 heterocycles. The molecule has 1 aromatic heterocycles. The first-order valence-corrected chi connectivity index (χ1v) is 5.73. The van der Waals surface area contributed by atoms with Gasteiger partial charge in [-0.05, 0) is 30.9 Å². The van der Waals surface area contributed by atoms with Crippen molar-refractivity contribution in [2.45, 2.75) is 25.5 Å². The molecule has 1 amide bonds. The summed E-state index contributed by atoms with van der Waals surface area (Å²) >= 11 is 0. The minimum atomic E-state index is -1.01. The zero-order valence-electron chi connectivity index (χ0n) is 10.0. The maximum absolute atomic E-state index is 11.8. The number of amides is 1. The molecule has 1 aromatic rings. The van der Waals surface area contributed by atoms with Crippen LogP contribution in [0.25, 0.3) is 0 Å². The van der Waals surface area contributed by atoms with E-state index >= 15 is 0 Å². The molecule has 1 atom stereocenters. The molecule has 0 saturated heterocycles. The Morgan fingerprint density at radius 1 is 1.56 bits per heavy atom. The fraction of sp³-hybridized carbons (Fsp3) is 0.500. The Labute approximate surface area is 104 Å². The zero-order valence-corrected chi connectivity index (χ0v) is 10.0. The molecule has 2 rings (SSSR count). The van der Waals surface area contributed by atoms with Crippen molar-refractivity contribution in [1.29, 1.82) is 0 Å².